The summed E-state index contributed by atoms with van der Waals surface area (Å²) in [7, 11) is 1.52. The maximum atomic E-state index is 15.0. The molecular weight excluding hydrogens is 465 g/mol. The van der Waals surface area contributed by atoms with Gasteiger partial charge in [-0.3, -0.25) is 4.79 Å². The average Bonchev–Trinajstić information content (AvgIpc) is 3.39. The van der Waals surface area contributed by atoms with E-state index in [9.17, 15) is 9.18 Å². The van der Waals surface area contributed by atoms with Gasteiger partial charge in [0.2, 0.25) is 5.82 Å². The summed E-state index contributed by atoms with van der Waals surface area (Å²) in [5.41, 5.74) is 1.03. The third-order valence-electron chi connectivity index (χ3n) is 6.00. The van der Waals surface area contributed by atoms with Gasteiger partial charge in [0.15, 0.2) is 5.82 Å². The van der Waals surface area contributed by atoms with Crippen LogP contribution in [0, 0.1) is 5.82 Å². The second-order valence-corrected chi connectivity index (χ2v) is 8.83. The number of aromatic nitrogens is 7. The van der Waals surface area contributed by atoms with Crippen LogP contribution in [0.4, 0.5) is 16.0 Å². The number of amides is 1. The summed E-state index contributed by atoms with van der Waals surface area (Å²) in [4.78, 5) is 28.7. The second kappa shape index (κ2) is 9.80. The van der Waals surface area contributed by atoms with Gasteiger partial charge in [-0.05, 0) is 61.7 Å². The van der Waals surface area contributed by atoms with Crippen LogP contribution in [0.5, 0.6) is 5.88 Å². The normalized spacial score (nSPS) is 13.9. The fourth-order valence-electron chi connectivity index (χ4n) is 4.20. The lowest BCUT2D eigenvalue weighted by Crippen LogP contribution is -2.30. The number of hydrogen-bond donors (Lipinski definition) is 1. The van der Waals surface area contributed by atoms with Crippen LogP contribution in [-0.4, -0.2) is 61.3 Å². The molecule has 1 saturated heterocycles. The Bertz CT molecular complexity index is 1420. The number of anilines is 2. The highest BCUT2D eigenvalue weighted by atomic mass is 19.1. The van der Waals surface area contributed by atoms with Crippen LogP contribution in [0.2, 0.25) is 0 Å². The summed E-state index contributed by atoms with van der Waals surface area (Å²) < 4.78 is 22.0. The molecule has 0 aliphatic carbocycles. The minimum Gasteiger partial charge on any atom is -0.478 e. The van der Waals surface area contributed by atoms with Gasteiger partial charge in [-0.15, -0.1) is 5.10 Å². The molecule has 1 aromatic carbocycles. The topological polar surface area (TPSA) is 124 Å². The number of nitrogens with zero attached hydrogens (tertiary/aromatic N) is 8. The van der Waals surface area contributed by atoms with Crippen molar-refractivity contribution < 1.29 is 13.9 Å². The lowest BCUT2D eigenvalue weighted by Gasteiger charge is -2.28. The third kappa shape index (κ3) is 4.53. The van der Waals surface area contributed by atoms with E-state index >= 15 is 0 Å². The van der Waals surface area contributed by atoms with E-state index in [1.165, 1.54) is 19.2 Å². The predicted octanol–water partition coefficient (Wildman–Crippen LogP) is 3.65. The molecule has 3 aromatic heterocycles. The Morgan fingerprint density at radius 2 is 1.86 bits per heavy atom. The van der Waals surface area contributed by atoms with Crippen molar-refractivity contribution in [3.05, 3.63) is 41.7 Å². The zero-order chi connectivity index (χ0) is 25.2. The monoisotopic (exact) mass is 491 g/mol. The predicted molar refractivity (Wildman–Crippen MR) is 131 cm³/mol. The van der Waals surface area contributed by atoms with Gasteiger partial charge in [0.25, 0.3) is 11.8 Å². The summed E-state index contributed by atoms with van der Waals surface area (Å²) in [6.45, 7) is 5.58. The van der Waals surface area contributed by atoms with E-state index in [0.29, 0.717) is 34.2 Å². The summed E-state index contributed by atoms with van der Waals surface area (Å²) >= 11 is 0. The molecule has 186 valence electrons. The number of benzene rings is 1. The van der Waals surface area contributed by atoms with E-state index in [1.54, 1.807) is 22.9 Å². The Balaban J connectivity index is 1.45. The molecule has 0 radical (unpaired) electrons. The van der Waals surface area contributed by atoms with Gasteiger partial charge in [0.1, 0.15) is 17.3 Å². The van der Waals surface area contributed by atoms with Crippen molar-refractivity contribution in [3.8, 4) is 17.4 Å². The molecule has 1 aliphatic rings. The zero-order valence-corrected chi connectivity index (χ0v) is 20.3. The number of carbonyl (C=O) groups is 1. The number of pyridine rings is 1. The standard InChI is InChI=1S/C24H26FN9O2/c1-14(2)34-21(30-31-32-34)17-8-7-9-20(26-17)29-23(35)15-12-18-19(13-16(15)25)28-24(36-3)22(27-18)33-10-5-4-6-11-33/h7-9,12-14H,4-6,10-11H2,1-3H3,(H,26,29,35). The number of hydrogen-bond acceptors (Lipinski definition) is 9. The second-order valence-electron chi connectivity index (χ2n) is 8.83. The van der Waals surface area contributed by atoms with Crippen molar-refractivity contribution in [3.63, 3.8) is 0 Å². The summed E-state index contributed by atoms with van der Waals surface area (Å²) in [5.74, 6) is 0.268. The molecule has 0 saturated carbocycles. The van der Waals surface area contributed by atoms with Gasteiger partial charge in [0, 0.05) is 19.2 Å². The molecular formula is C24H26FN9O2. The number of halogens is 1. The Morgan fingerprint density at radius 3 is 2.61 bits per heavy atom. The van der Waals surface area contributed by atoms with E-state index in [1.807, 2.05) is 13.8 Å². The Kier molecular flexibility index (Phi) is 6.40. The van der Waals surface area contributed by atoms with E-state index in [-0.39, 0.29) is 17.4 Å². The Hall–Kier alpha value is -4.22. The van der Waals surface area contributed by atoms with Gasteiger partial charge in [-0.2, -0.15) is 0 Å². The van der Waals surface area contributed by atoms with E-state index in [0.717, 1.165) is 32.4 Å². The van der Waals surface area contributed by atoms with Gasteiger partial charge in [0.05, 0.1) is 29.7 Å². The van der Waals surface area contributed by atoms with Crippen LogP contribution in [-0.2, 0) is 0 Å². The van der Waals surface area contributed by atoms with Gasteiger partial charge < -0.3 is 15.0 Å². The van der Waals surface area contributed by atoms with Crippen molar-refractivity contribution in [2.24, 2.45) is 0 Å². The molecule has 5 rings (SSSR count). The van der Waals surface area contributed by atoms with Crippen molar-refractivity contribution >= 4 is 28.6 Å². The Morgan fingerprint density at radius 1 is 1.08 bits per heavy atom. The number of fused-ring (bicyclic) bond motifs is 1. The summed E-state index contributed by atoms with van der Waals surface area (Å²) in [6.07, 6.45) is 3.27. The highest BCUT2D eigenvalue weighted by Gasteiger charge is 2.22. The van der Waals surface area contributed by atoms with Gasteiger partial charge in [-0.25, -0.2) is 24.0 Å². The van der Waals surface area contributed by atoms with E-state index in [4.69, 9.17) is 4.74 Å². The van der Waals surface area contributed by atoms with Gasteiger partial charge in [-0.1, -0.05) is 6.07 Å². The van der Waals surface area contributed by atoms with Crippen LogP contribution < -0.4 is 15.0 Å². The fraction of sp³-hybridized carbons (Fsp3) is 0.375. The molecule has 36 heavy (non-hydrogen) atoms. The first-order valence-electron chi connectivity index (χ1n) is 11.8. The van der Waals surface area contributed by atoms with E-state index in [2.05, 4.69) is 40.7 Å². The molecule has 1 amide bonds. The molecule has 0 bridgehead atoms. The van der Waals surface area contributed by atoms with Crippen molar-refractivity contribution in [2.75, 3.05) is 30.4 Å². The van der Waals surface area contributed by atoms with Crippen LogP contribution in [0.15, 0.2) is 30.3 Å². The van der Waals surface area contributed by atoms with E-state index < -0.39 is 11.7 Å². The summed E-state index contributed by atoms with van der Waals surface area (Å²) in [6, 6.07) is 7.70. The van der Waals surface area contributed by atoms with Crippen molar-refractivity contribution in [1.82, 2.24) is 35.2 Å². The first-order valence-corrected chi connectivity index (χ1v) is 11.8. The minimum absolute atomic E-state index is 0.0244. The molecule has 0 atom stereocenters. The smallest absolute Gasteiger partial charge is 0.259 e. The molecule has 4 aromatic rings. The number of methoxy groups -OCH3 is 1. The first kappa shape index (κ1) is 23.5. The van der Waals surface area contributed by atoms with Crippen molar-refractivity contribution in [2.45, 2.75) is 39.2 Å². The molecule has 4 heterocycles. The lowest BCUT2D eigenvalue weighted by molar-refractivity contribution is 0.102. The summed E-state index contributed by atoms with van der Waals surface area (Å²) in [5, 5.41) is 14.4. The number of carbonyl (C=O) groups excluding carboxylic acids is 1. The molecule has 0 spiro atoms. The largest absolute Gasteiger partial charge is 0.478 e. The SMILES string of the molecule is COc1nc2cc(F)c(C(=O)Nc3cccc(-c4nnnn4C(C)C)n3)cc2nc1N1CCCCC1. The Labute approximate surface area is 206 Å². The highest BCUT2D eigenvalue weighted by Crippen LogP contribution is 2.30. The van der Waals surface area contributed by atoms with Gasteiger partial charge >= 0.3 is 0 Å². The number of piperidine rings is 1. The van der Waals surface area contributed by atoms with Crippen LogP contribution in [0.3, 0.4) is 0 Å². The molecule has 0 unspecified atom stereocenters. The molecule has 1 aliphatic heterocycles. The average molecular weight is 492 g/mol. The lowest BCUT2D eigenvalue weighted by atomic mass is 10.1. The molecule has 1 N–H and O–H groups in total. The minimum atomic E-state index is -0.720. The maximum Gasteiger partial charge on any atom is 0.259 e. The fourth-order valence-corrected chi connectivity index (χ4v) is 4.20. The van der Waals surface area contributed by atoms with Crippen LogP contribution in [0.1, 0.15) is 49.5 Å². The number of nitrogens with one attached hydrogen (secondary N) is 1. The van der Waals surface area contributed by atoms with Crippen molar-refractivity contribution in [1.29, 1.82) is 0 Å². The quantitative estimate of drug-likeness (QED) is 0.430. The number of rotatable bonds is 6. The maximum absolute atomic E-state index is 15.0. The zero-order valence-electron chi connectivity index (χ0n) is 20.3. The number of tetrazole rings is 1. The molecule has 12 heteroatoms. The molecule has 11 nitrogen and oxygen atoms in total. The van der Waals surface area contributed by atoms with Crippen LogP contribution in [0.25, 0.3) is 22.6 Å². The highest BCUT2D eigenvalue weighted by molar-refractivity contribution is 6.05. The van der Waals surface area contributed by atoms with Crippen LogP contribution >= 0.6 is 0 Å². The number of ether oxygens (including phenoxy) is 1. The first-order chi connectivity index (χ1) is 17.4. The third-order valence-corrected chi connectivity index (χ3v) is 6.00. The molecule has 1 fully saturated rings.